The highest BCUT2D eigenvalue weighted by atomic mass is 16.3. The maximum Gasteiger partial charge on any atom is 0.0783 e. The molecule has 0 aromatic carbocycles. The van der Waals surface area contributed by atoms with Crippen LogP contribution in [-0.4, -0.2) is 23.8 Å². The lowest BCUT2D eigenvalue weighted by atomic mass is 9.94. The maximum absolute atomic E-state index is 9.94. The van der Waals surface area contributed by atoms with Crippen molar-refractivity contribution in [3.63, 3.8) is 0 Å². The van der Waals surface area contributed by atoms with Crippen molar-refractivity contribution in [3.8, 4) is 0 Å². The van der Waals surface area contributed by atoms with E-state index in [-0.39, 0.29) is 5.60 Å². The van der Waals surface area contributed by atoms with Crippen molar-refractivity contribution in [1.82, 2.24) is 5.32 Å². The molecule has 0 amide bonds. The van der Waals surface area contributed by atoms with Gasteiger partial charge in [-0.3, -0.25) is 0 Å². The Morgan fingerprint density at radius 2 is 2.25 bits per heavy atom. The maximum atomic E-state index is 9.94. The van der Waals surface area contributed by atoms with Gasteiger partial charge in [0, 0.05) is 6.54 Å². The average molecular weight is 171 g/mol. The summed E-state index contributed by atoms with van der Waals surface area (Å²) in [5.74, 6) is 0.767. The summed E-state index contributed by atoms with van der Waals surface area (Å²) in [7, 11) is 0. The number of hydrogen-bond donors (Lipinski definition) is 2. The smallest absolute Gasteiger partial charge is 0.0783 e. The molecule has 1 aliphatic heterocycles. The Bertz CT molecular complexity index is 128. The topological polar surface area (TPSA) is 32.3 Å². The van der Waals surface area contributed by atoms with Crippen molar-refractivity contribution < 1.29 is 5.11 Å². The molecule has 72 valence electrons. The minimum Gasteiger partial charge on any atom is -0.389 e. The number of hydrogen-bond acceptors (Lipinski definition) is 2. The van der Waals surface area contributed by atoms with E-state index in [1.54, 1.807) is 0 Å². The third-order valence-corrected chi connectivity index (χ3v) is 2.64. The first-order valence-corrected chi connectivity index (χ1v) is 5.05. The third-order valence-electron chi connectivity index (χ3n) is 2.64. The lowest BCUT2D eigenvalue weighted by Gasteiger charge is -2.21. The second-order valence-corrected chi connectivity index (χ2v) is 4.44. The van der Waals surface area contributed by atoms with Crippen molar-refractivity contribution in [3.05, 3.63) is 0 Å². The highest BCUT2D eigenvalue weighted by Gasteiger charge is 2.29. The van der Waals surface area contributed by atoms with Gasteiger partial charge in [0.25, 0.3) is 0 Å². The predicted molar refractivity (Wildman–Crippen MR) is 51.1 cm³/mol. The molecule has 0 aliphatic carbocycles. The van der Waals surface area contributed by atoms with Crippen LogP contribution >= 0.6 is 0 Å². The van der Waals surface area contributed by atoms with Gasteiger partial charge in [0.2, 0.25) is 0 Å². The molecule has 1 aliphatic rings. The van der Waals surface area contributed by atoms with E-state index in [2.05, 4.69) is 19.2 Å². The summed E-state index contributed by atoms with van der Waals surface area (Å²) >= 11 is 0. The monoisotopic (exact) mass is 171 g/mol. The van der Waals surface area contributed by atoms with Crippen LogP contribution in [0.4, 0.5) is 0 Å². The third kappa shape index (κ3) is 3.11. The molecule has 2 nitrogen and oxygen atoms in total. The fourth-order valence-corrected chi connectivity index (χ4v) is 1.78. The fraction of sp³-hybridized carbons (Fsp3) is 1.00. The van der Waals surface area contributed by atoms with Gasteiger partial charge < -0.3 is 10.4 Å². The van der Waals surface area contributed by atoms with Crippen LogP contribution in [0, 0.1) is 5.92 Å². The molecule has 1 heterocycles. The van der Waals surface area contributed by atoms with Gasteiger partial charge in [-0.2, -0.15) is 0 Å². The molecule has 1 unspecified atom stereocenters. The van der Waals surface area contributed by atoms with Gasteiger partial charge >= 0.3 is 0 Å². The van der Waals surface area contributed by atoms with E-state index in [0.717, 1.165) is 38.3 Å². The summed E-state index contributed by atoms with van der Waals surface area (Å²) in [4.78, 5) is 0. The zero-order valence-corrected chi connectivity index (χ0v) is 8.27. The average Bonchev–Trinajstić information content (AvgIpc) is 2.35. The molecule has 0 aromatic heterocycles. The second-order valence-electron chi connectivity index (χ2n) is 4.44. The van der Waals surface area contributed by atoms with E-state index in [0.29, 0.717) is 0 Å². The van der Waals surface area contributed by atoms with Crippen LogP contribution in [0.15, 0.2) is 0 Å². The molecule has 0 saturated carbocycles. The molecule has 0 radical (unpaired) electrons. The van der Waals surface area contributed by atoms with Gasteiger partial charge in [-0.25, -0.2) is 0 Å². The van der Waals surface area contributed by atoms with E-state index in [1.807, 2.05) is 0 Å². The first kappa shape index (κ1) is 10.0. The zero-order valence-electron chi connectivity index (χ0n) is 8.27. The molecule has 12 heavy (non-hydrogen) atoms. The molecule has 1 rings (SSSR count). The highest BCUT2D eigenvalue weighted by Crippen LogP contribution is 2.22. The zero-order chi connectivity index (χ0) is 9.03. The molecule has 1 saturated heterocycles. The second kappa shape index (κ2) is 4.24. The summed E-state index contributed by atoms with van der Waals surface area (Å²) in [6, 6.07) is 0. The van der Waals surface area contributed by atoms with Crippen LogP contribution in [0.3, 0.4) is 0 Å². The lowest BCUT2D eigenvalue weighted by molar-refractivity contribution is 0.0488. The Labute approximate surface area is 75.4 Å². The summed E-state index contributed by atoms with van der Waals surface area (Å²) in [6.07, 6.45) is 4.31. The molecule has 2 heteroatoms. The van der Waals surface area contributed by atoms with E-state index in [9.17, 15) is 5.11 Å². The molecule has 0 spiro atoms. The quantitative estimate of drug-likeness (QED) is 0.672. The minimum absolute atomic E-state index is 0.380. The highest BCUT2D eigenvalue weighted by molar-refractivity contribution is 4.87. The van der Waals surface area contributed by atoms with Crippen LogP contribution < -0.4 is 5.32 Å². The Balaban J connectivity index is 2.13. The fourth-order valence-electron chi connectivity index (χ4n) is 1.78. The molecule has 0 bridgehead atoms. The number of β-amino-alcohol motifs (C(OH)–C–C–N with tert-alkyl or cyclic N) is 1. The van der Waals surface area contributed by atoms with Crippen LogP contribution in [0.5, 0.6) is 0 Å². The SMILES string of the molecule is CC(C)CCCC1(O)CCNC1. The first-order chi connectivity index (χ1) is 5.62. The van der Waals surface area contributed by atoms with Crippen LogP contribution in [0.2, 0.25) is 0 Å². The Morgan fingerprint density at radius 3 is 2.75 bits per heavy atom. The van der Waals surface area contributed by atoms with E-state index >= 15 is 0 Å². The van der Waals surface area contributed by atoms with Gasteiger partial charge in [0.15, 0.2) is 0 Å². The molecular formula is C10H21NO. The summed E-state index contributed by atoms with van der Waals surface area (Å²) in [6.45, 7) is 6.25. The largest absolute Gasteiger partial charge is 0.389 e. The van der Waals surface area contributed by atoms with Gasteiger partial charge in [-0.05, 0) is 25.3 Å². The molecule has 1 fully saturated rings. The first-order valence-electron chi connectivity index (χ1n) is 5.05. The van der Waals surface area contributed by atoms with Crippen molar-refractivity contribution >= 4 is 0 Å². The molecule has 2 N–H and O–H groups in total. The van der Waals surface area contributed by atoms with Gasteiger partial charge in [-0.15, -0.1) is 0 Å². The van der Waals surface area contributed by atoms with Crippen LogP contribution in [0.25, 0.3) is 0 Å². The van der Waals surface area contributed by atoms with Crippen molar-refractivity contribution in [2.24, 2.45) is 5.92 Å². The van der Waals surface area contributed by atoms with E-state index in [4.69, 9.17) is 0 Å². The normalized spacial score (nSPS) is 30.0. The van der Waals surface area contributed by atoms with Crippen LogP contribution in [-0.2, 0) is 0 Å². The van der Waals surface area contributed by atoms with Crippen molar-refractivity contribution in [1.29, 1.82) is 0 Å². The standard InChI is InChI=1S/C10H21NO/c1-9(2)4-3-5-10(12)6-7-11-8-10/h9,11-12H,3-8H2,1-2H3. The Kier molecular flexibility index (Phi) is 3.53. The summed E-state index contributed by atoms with van der Waals surface area (Å²) < 4.78 is 0. The van der Waals surface area contributed by atoms with Gasteiger partial charge in [-0.1, -0.05) is 26.7 Å². The van der Waals surface area contributed by atoms with E-state index in [1.165, 1.54) is 6.42 Å². The minimum atomic E-state index is -0.380. The Hall–Kier alpha value is -0.0800. The van der Waals surface area contributed by atoms with Gasteiger partial charge in [0.1, 0.15) is 0 Å². The molecule has 1 atom stereocenters. The molecular weight excluding hydrogens is 150 g/mol. The summed E-state index contributed by atoms with van der Waals surface area (Å²) in [5, 5.41) is 13.1. The Morgan fingerprint density at radius 1 is 1.50 bits per heavy atom. The van der Waals surface area contributed by atoms with Gasteiger partial charge in [0.05, 0.1) is 5.60 Å². The number of nitrogens with one attached hydrogen (secondary N) is 1. The number of aliphatic hydroxyl groups is 1. The summed E-state index contributed by atoms with van der Waals surface area (Å²) in [5.41, 5.74) is -0.380. The van der Waals surface area contributed by atoms with E-state index < -0.39 is 0 Å². The van der Waals surface area contributed by atoms with Crippen molar-refractivity contribution in [2.45, 2.75) is 45.1 Å². The number of rotatable bonds is 4. The molecule has 0 aromatic rings. The predicted octanol–water partition coefficient (Wildman–Crippen LogP) is 1.54. The lowest BCUT2D eigenvalue weighted by Crippen LogP contribution is -2.31. The van der Waals surface area contributed by atoms with Crippen molar-refractivity contribution in [2.75, 3.05) is 13.1 Å². The van der Waals surface area contributed by atoms with Crippen LogP contribution in [0.1, 0.15) is 39.5 Å².